The second-order valence-electron chi connectivity index (χ2n) is 5.20. The van der Waals surface area contributed by atoms with Crippen LogP contribution in [0.15, 0.2) is 47.4 Å². The van der Waals surface area contributed by atoms with Crippen molar-refractivity contribution in [1.29, 1.82) is 5.41 Å². The normalized spacial score (nSPS) is 10.9. The van der Waals surface area contributed by atoms with Crippen LogP contribution < -0.4 is 5.73 Å². The highest BCUT2D eigenvalue weighted by molar-refractivity contribution is 7.98. The Morgan fingerprint density at radius 3 is 2.43 bits per heavy atom. The average molecular weight is 302 g/mol. The van der Waals surface area contributed by atoms with E-state index in [1.165, 1.54) is 11.6 Å². The molecule has 0 bridgehead atoms. The molecule has 4 heteroatoms. The van der Waals surface area contributed by atoms with Crippen molar-refractivity contribution in [3.05, 3.63) is 65.0 Å². The second kappa shape index (κ2) is 6.76. The lowest BCUT2D eigenvalue weighted by molar-refractivity contribution is 0.614. The average Bonchev–Trinajstić information content (AvgIpc) is 2.46. The standard InChI is InChI=1S/C17H19FN2S/c1-11(2)12-6-8-14(9-7-12)21-10-13-4-3-5-15(16(13)18)17(19)20/h3-9,11H,10H2,1-2H3,(H3,19,20). The summed E-state index contributed by atoms with van der Waals surface area (Å²) in [5.74, 6) is 0.402. The van der Waals surface area contributed by atoms with Crippen LogP contribution >= 0.6 is 11.8 Å². The fourth-order valence-corrected chi connectivity index (χ4v) is 2.88. The molecule has 0 saturated heterocycles. The van der Waals surface area contributed by atoms with Crippen LogP contribution in [-0.4, -0.2) is 5.84 Å². The van der Waals surface area contributed by atoms with Crippen molar-refractivity contribution in [3.63, 3.8) is 0 Å². The maximum absolute atomic E-state index is 14.2. The topological polar surface area (TPSA) is 49.9 Å². The van der Waals surface area contributed by atoms with Crippen molar-refractivity contribution in [3.8, 4) is 0 Å². The molecule has 0 aliphatic carbocycles. The van der Waals surface area contributed by atoms with Gasteiger partial charge in [-0.3, -0.25) is 5.41 Å². The first kappa shape index (κ1) is 15.6. The highest BCUT2D eigenvalue weighted by Crippen LogP contribution is 2.26. The number of hydrogen-bond acceptors (Lipinski definition) is 2. The maximum atomic E-state index is 14.2. The lowest BCUT2D eigenvalue weighted by Gasteiger charge is -2.09. The zero-order valence-electron chi connectivity index (χ0n) is 12.2. The van der Waals surface area contributed by atoms with Gasteiger partial charge in [0, 0.05) is 10.6 Å². The van der Waals surface area contributed by atoms with Gasteiger partial charge in [-0.2, -0.15) is 0 Å². The molecule has 0 atom stereocenters. The van der Waals surface area contributed by atoms with E-state index in [0.29, 0.717) is 17.2 Å². The van der Waals surface area contributed by atoms with Gasteiger partial charge in [0.25, 0.3) is 0 Å². The van der Waals surface area contributed by atoms with Crippen molar-refractivity contribution >= 4 is 17.6 Å². The molecule has 0 spiro atoms. The second-order valence-corrected chi connectivity index (χ2v) is 6.25. The molecule has 0 radical (unpaired) electrons. The number of halogens is 1. The molecule has 2 rings (SSSR count). The molecule has 110 valence electrons. The van der Waals surface area contributed by atoms with E-state index in [1.807, 2.05) is 0 Å². The summed E-state index contributed by atoms with van der Waals surface area (Å²) in [5.41, 5.74) is 7.41. The number of nitrogens with one attached hydrogen (secondary N) is 1. The molecule has 2 nitrogen and oxygen atoms in total. The van der Waals surface area contributed by atoms with Crippen LogP contribution in [0.25, 0.3) is 0 Å². The molecule has 0 saturated carbocycles. The first-order valence-corrected chi connectivity index (χ1v) is 7.82. The van der Waals surface area contributed by atoms with E-state index in [4.69, 9.17) is 11.1 Å². The third-order valence-electron chi connectivity index (χ3n) is 3.31. The Labute approximate surface area is 129 Å². The minimum atomic E-state index is -0.392. The Morgan fingerprint density at radius 1 is 1.19 bits per heavy atom. The summed E-state index contributed by atoms with van der Waals surface area (Å²) in [7, 11) is 0. The highest BCUT2D eigenvalue weighted by atomic mass is 32.2. The summed E-state index contributed by atoms with van der Waals surface area (Å²) in [5, 5.41) is 7.36. The summed E-state index contributed by atoms with van der Waals surface area (Å²) in [6.45, 7) is 4.32. The summed E-state index contributed by atoms with van der Waals surface area (Å²) >= 11 is 1.58. The van der Waals surface area contributed by atoms with Crippen molar-refractivity contribution in [2.45, 2.75) is 30.4 Å². The van der Waals surface area contributed by atoms with Crippen molar-refractivity contribution in [2.24, 2.45) is 5.73 Å². The van der Waals surface area contributed by atoms with Crippen LogP contribution in [0.3, 0.4) is 0 Å². The molecule has 0 heterocycles. The largest absolute Gasteiger partial charge is 0.384 e. The van der Waals surface area contributed by atoms with Crippen LogP contribution in [0.5, 0.6) is 0 Å². The lowest BCUT2D eigenvalue weighted by atomic mass is 10.0. The minimum Gasteiger partial charge on any atom is -0.384 e. The Balaban J connectivity index is 2.09. The van der Waals surface area contributed by atoms with E-state index in [1.54, 1.807) is 23.9 Å². The molecule has 21 heavy (non-hydrogen) atoms. The molecule has 0 fully saturated rings. The Morgan fingerprint density at radius 2 is 1.86 bits per heavy atom. The number of nitrogens with two attached hydrogens (primary N) is 1. The van der Waals surface area contributed by atoms with E-state index in [-0.39, 0.29) is 11.4 Å². The predicted molar refractivity (Wildman–Crippen MR) is 87.5 cm³/mol. The third kappa shape index (κ3) is 3.85. The summed E-state index contributed by atoms with van der Waals surface area (Å²) in [6.07, 6.45) is 0. The van der Waals surface area contributed by atoms with E-state index in [2.05, 4.69) is 38.1 Å². The van der Waals surface area contributed by atoms with Crippen molar-refractivity contribution < 1.29 is 4.39 Å². The van der Waals surface area contributed by atoms with Crippen molar-refractivity contribution in [1.82, 2.24) is 0 Å². The van der Waals surface area contributed by atoms with Crippen LogP contribution in [0.2, 0.25) is 0 Å². The number of nitrogen functional groups attached to an aromatic ring is 1. The van der Waals surface area contributed by atoms with Gasteiger partial charge < -0.3 is 5.73 Å². The van der Waals surface area contributed by atoms with E-state index < -0.39 is 5.82 Å². The van der Waals surface area contributed by atoms with Gasteiger partial charge in [-0.25, -0.2) is 4.39 Å². The number of amidine groups is 1. The van der Waals surface area contributed by atoms with Crippen LogP contribution in [0.4, 0.5) is 4.39 Å². The molecule has 0 aliphatic rings. The summed E-state index contributed by atoms with van der Waals surface area (Å²) in [4.78, 5) is 1.10. The minimum absolute atomic E-state index is 0.170. The number of hydrogen-bond donors (Lipinski definition) is 2. The van der Waals surface area contributed by atoms with Gasteiger partial charge >= 0.3 is 0 Å². The Bertz CT molecular complexity index is 636. The van der Waals surface area contributed by atoms with Gasteiger partial charge in [0.05, 0.1) is 5.56 Å². The van der Waals surface area contributed by atoms with Gasteiger partial charge in [0.1, 0.15) is 11.7 Å². The smallest absolute Gasteiger partial charge is 0.138 e. The first-order chi connectivity index (χ1) is 9.99. The summed E-state index contributed by atoms with van der Waals surface area (Å²) < 4.78 is 14.2. The fourth-order valence-electron chi connectivity index (χ4n) is 2.01. The van der Waals surface area contributed by atoms with Gasteiger partial charge in [-0.1, -0.05) is 38.1 Å². The van der Waals surface area contributed by atoms with Crippen LogP contribution in [0, 0.1) is 11.2 Å². The molecular weight excluding hydrogens is 283 g/mol. The molecule has 2 aromatic carbocycles. The fraction of sp³-hybridized carbons (Fsp3) is 0.235. The summed E-state index contributed by atoms with van der Waals surface area (Å²) in [6, 6.07) is 13.3. The van der Waals surface area contributed by atoms with Gasteiger partial charge in [0.15, 0.2) is 0 Å². The molecule has 0 amide bonds. The number of benzene rings is 2. The zero-order valence-corrected chi connectivity index (χ0v) is 13.0. The van der Waals surface area contributed by atoms with Crippen LogP contribution in [-0.2, 0) is 5.75 Å². The molecular formula is C17H19FN2S. The number of thioether (sulfide) groups is 1. The van der Waals surface area contributed by atoms with E-state index >= 15 is 0 Å². The van der Waals surface area contributed by atoms with Crippen LogP contribution in [0.1, 0.15) is 36.5 Å². The predicted octanol–water partition coefficient (Wildman–Crippen LogP) is 4.53. The highest BCUT2D eigenvalue weighted by Gasteiger charge is 2.10. The third-order valence-corrected chi connectivity index (χ3v) is 4.37. The molecule has 0 unspecified atom stereocenters. The molecule has 0 aromatic heterocycles. The van der Waals surface area contributed by atoms with Crippen molar-refractivity contribution in [2.75, 3.05) is 0 Å². The number of rotatable bonds is 5. The maximum Gasteiger partial charge on any atom is 0.138 e. The molecule has 2 aromatic rings. The molecule has 3 N–H and O–H groups in total. The lowest BCUT2D eigenvalue weighted by Crippen LogP contribution is -2.14. The quantitative estimate of drug-likeness (QED) is 0.484. The van der Waals surface area contributed by atoms with Gasteiger partial charge in [-0.05, 0) is 35.2 Å². The van der Waals surface area contributed by atoms with Gasteiger partial charge in [-0.15, -0.1) is 11.8 Å². The molecule has 0 aliphatic heterocycles. The van der Waals surface area contributed by atoms with E-state index in [0.717, 1.165) is 4.90 Å². The monoisotopic (exact) mass is 302 g/mol. The Kier molecular flexibility index (Phi) is 5.02. The van der Waals surface area contributed by atoms with E-state index in [9.17, 15) is 4.39 Å². The van der Waals surface area contributed by atoms with Gasteiger partial charge in [0.2, 0.25) is 0 Å². The first-order valence-electron chi connectivity index (χ1n) is 6.83. The zero-order chi connectivity index (χ0) is 15.4. The Hall–Kier alpha value is -1.81. The SMILES string of the molecule is CC(C)c1ccc(SCc2cccc(C(=N)N)c2F)cc1.